The van der Waals surface area contributed by atoms with Crippen LogP contribution in [0.3, 0.4) is 0 Å². The van der Waals surface area contributed by atoms with Crippen molar-refractivity contribution in [3.63, 3.8) is 0 Å². The standard InChI is InChI=1S/C14H19F2N3O/c1-9-17-8-12-4-11(2-3-19(9)12)13(20)18-7-10-5-14(15,16)6-10/h8,10-11H,2-7H2,1H3,(H,18,20). The summed E-state index contributed by atoms with van der Waals surface area (Å²) in [5, 5.41) is 2.83. The van der Waals surface area contributed by atoms with E-state index in [1.54, 1.807) is 0 Å². The van der Waals surface area contributed by atoms with Crippen molar-refractivity contribution in [2.24, 2.45) is 11.8 Å². The smallest absolute Gasteiger partial charge is 0.248 e. The second kappa shape index (κ2) is 4.82. The first-order valence-electron chi connectivity index (χ1n) is 7.11. The number of amides is 1. The lowest BCUT2D eigenvalue weighted by atomic mass is 9.81. The lowest BCUT2D eigenvalue weighted by Gasteiger charge is -2.35. The molecule has 1 fully saturated rings. The Morgan fingerprint density at radius 3 is 3.00 bits per heavy atom. The Kier molecular flexibility index (Phi) is 3.26. The van der Waals surface area contributed by atoms with E-state index in [4.69, 9.17) is 0 Å². The zero-order chi connectivity index (χ0) is 14.3. The van der Waals surface area contributed by atoms with Crippen molar-refractivity contribution in [3.8, 4) is 0 Å². The molecule has 0 radical (unpaired) electrons. The molecule has 1 aromatic heterocycles. The van der Waals surface area contributed by atoms with Gasteiger partial charge in [0.05, 0.1) is 0 Å². The quantitative estimate of drug-likeness (QED) is 0.921. The number of carbonyl (C=O) groups is 1. The minimum Gasteiger partial charge on any atom is -0.356 e. The van der Waals surface area contributed by atoms with Gasteiger partial charge in [0.1, 0.15) is 5.82 Å². The molecule has 1 atom stereocenters. The van der Waals surface area contributed by atoms with Gasteiger partial charge in [-0.1, -0.05) is 0 Å². The molecule has 1 aromatic rings. The van der Waals surface area contributed by atoms with Crippen molar-refractivity contribution in [2.75, 3.05) is 6.54 Å². The van der Waals surface area contributed by atoms with Crippen LogP contribution in [-0.4, -0.2) is 27.9 Å². The Bertz CT molecular complexity index is 518. The van der Waals surface area contributed by atoms with Gasteiger partial charge in [-0.05, 0) is 19.3 Å². The van der Waals surface area contributed by atoms with Gasteiger partial charge in [-0.25, -0.2) is 13.8 Å². The Balaban J connectivity index is 1.49. The molecular weight excluding hydrogens is 264 g/mol. The maximum absolute atomic E-state index is 12.7. The van der Waals surface area contributed by atoms with Crippen LogP contribution in [0.2, 0.25) is 0 Å². The summed E-state index contributed by atoms with van der Waals surface area (Å²) in [5.74, 6) is -1.66. The van der Waals surface area contributed by atoms with E-state index in [2.05, 4.69) is 14.9 Å². The van der Waals surface area contributed by atoms with Crippen LogP contribution >= 0.6 is 0 Å². The fourth-order valence-corrected chi connectivity index (χ4v) is 3.17. The fraction of sp³-hybridized carbons (Fsp3) is 0.714. The zero-order valence-corrected chi connectivity index (χ0v) is 11.5. The molecule has 4 nitrogen and oxygen atoms in total. The molecule has 1 unspecified atom stereocenters. The molecule has 6 heteroatoms. The Hall–Kier alpha value is -1.46. The molecular formula is C14H19F2N3O. The molecule has 1 aliphatic carbocycles. The Morgan fingerprint density at radius 2 is 2.30 bits per heavy atom. The van der Waals surface area contributed by atoms with Gasteiger partial charge in [0.25, 0.3) is 0 Å². The highest BCUT2D eigenvalue weighted by Crippen LogP contribution is 2.41. The van der Waals surface area contributed by atoms with Crippen LogP contribution in [0.4, 0.5) is 8.78 Å². The molecule has 1 saturated carbocycles. The van der Waals surface area contributed by atoms with Crippen LogP contribution in [0.15, 0.2) is 6.20 Å². The lowest BCUT2D eigenvalue weighted by Crippen LogP contribution is -2.44. The van der Waals surface area contributed by atoms with Crippen LogP contribution in [0.25, 0.3) is 0 Å². The SMILES string of the molecule is Cc1ncc2n1CCC(C(=O)NCC1CC(F)(F)C1)C2. The highest BCUT2D eigenvalue weighted by atomic mass is 19.3. The summed E-state index contributed by atoms with van der Waals surface area (Å²) in [6.07, 6.45) is 3.11. The summed E-state index contributed by atoms with van der Waals surface area (Å²) in [4.78, 5) is 16.3. The van der Waals surface area contributed by atoms with Gasteiger partial charge in [0, 0.05) is 50.2 Å². The number of alkyl halides is 2. The highest BCUT2D eigenvalue weighted by Gasteiger charge is 2.45. The van der Waals surface area contributed by atoms with Crippen molar-refractivity contribution in [2.45, 2.75) is 45.1 Å². The van der Waals surface area contributed by atoms with E-state index in [-0.39, 0.29) is 30.6 Å². The van der Waals surface area contributed by atoms with Crippen molar-refractivity contribution in [3.05, 3.63) is 17.7 Å². The maximum atomic E-state index is 12.7. The predicted molar refractivity (Wildman–Crippen MR) is 69.5 cm³/mol. The molecule has 20 heavy (non-hydrogen) atoms. The van der Waals surface area contributed by atoms with Gasteiger partial charge in [0.2, 0.25) is 11.8 Å². The fourth-order valence-electron chi connectivity index (χ4n) is 3.17. The summed E-state index contributed by atoms with van der Waals surface area (Å²) in [7, 11) is 0. The van der Waals surface area contributed by atoms with Crippen LogP contribution in [-0.2, 0) is 17.8 Å². The second-order valence-corrected chi connectivity index (χ2v) is 6.01. The van der Waals surface area contributed by atoms with Gasteiger partial charge >= 0.3 is 0 Å². The summed E-state index contributed by atoms with van der Waals surface area (Å²) < 4.78 is 27.6. The second-order valence-electron chi connectivity index (χ2n) is 6.01. The molecule has 2 heterocycles. The summed E-state index contributed by atoms with van der Waals surface area (Å²) in [5.41, 5.74) is 1.09. The molecule has 2 aliphatic rings. The van der Waals surface area contributed by atoms with Crippen molar-refractivity contribution >= 4 is 5.91 Å². The van der Waals surface area contributed by atoms with E-state index in [1.165, 1.54) is 0 Å². The zero-order valence-electron chi connectivity index (χ0n) is 11.5. The predicted octanol–water partition coefficient (Wildman–Crippen LogP) is 1.92. The first-order chi connectivity index (χ1) is 9.44. The molecule has 1 aliphatic heterocycles. The number of nitrogens with zero attached hydrogens (tertiary/aromatic N) is 2. The van der Waals surface area contributed by atoms with Crippen LogP contribution < -0.4 is 5.32 Å². The van der Waals surface area contributed by atoms with Crippen molar-refractivity contribution in [1.82, 2.24) is 14.9 Å². The van der Waals surface area contributed by atoms with E-state index in [0.717, 1.165) is 24.5 Å². The van der Waals surface area contributed by atoms with E-state index in [9.17, 15) is 13.6 Å². The first kappa shape index (κ1) is 13.5. The van der Waals surface area contributed by atoms with Gasteiger partial charge < -0.3 is 9.88 Å². The van der Waals surface area contributed by atoms with Gasteiger partial charge in [-0.15, -0.1) is 0 Å². The third kappa shape index (κ3) is 2.55. The molecule has 1 N–H and O–H groups in total. The van der Waals surface area contributed by atoms with Crippen molar-refractivity contribution in [1.29, 1.82) is 0 Å². The number of hydrogen-bond acceptors (Lipinski definition) is 2. The number of aromatic nitrogens is 2. The first-order valence-corrected chi connectivity index (χ1v) is 7.11. The molecule has 3 rings (SSSR count). The highest BCUT2D eigenvalue weighted by molar-refractivity contribution is 5.79. The number of fused-ring (bicyclic) bond motifs is 1. The number of imidazole rings is 1. The van der Waals surface area contributed by atoms with Gasteiger partial charge in [0.15, 0.2) is 0 Å². The van der Waals surface area contributed by atoms with Gasteiger partial charge in [-0.3, -0.25) is 4.79 Å². The Labute approximate surface area is 116 Å². The van der Waals surface area contributed by atoms with Crippen LogP contribution in [0.1, 0.15) is 30.8 Å². The summed E-state index contributed by atoms with van der Waals surface area (Å²) in [6, 6.07) is 0. The number of carbonyl (C=O) groups excluding carboxylic acids is 1. The molecule has 1 amide bonds. The van der Waals surface area contributed by atoms with E-state index in [1.807, 2.05) is 13.1 Å². The van der Waals surface area contributed by atoms with E-state index >= 15 is 0 Å². The van der Waals surface area contributed by atoms with E-state index < -0.39 is 5.92 Å². The molecule has 0 saturated heterocycles. The third-order valence-electron chi connectivity index (χ3n) is 4.40. The minimum atomic E-state index is -2.51. The van der Waals surface area contributed by atoms with Crippen LogP contribution in [0, 0.1) is 18.8 Å². The monoisotopic (exact) mass is 283 g/mol. The van der Waals surface area contributed by atoms with E-state index in [0.29, 0.717) is 13.0 Å². The molecule has 110 valence electrons. The number of hydrogen-bond donors (Lipinski definition) is 1. The number of rotatable bonds is 3. The lowest BCUT2D eigenvalue weighted by molar-refractivity contribution is -0.130. The molecule has 0 aromatic carbocycles. The summed E-state index contributed by atoms with van der Waals surface area (Å²) in [6.45, 7) is 3.14. The topological polar surface area (TPSA) is 46.9 Å². The van der Waals surface area contributed by atoms with Crippen LogP contribution in [0.5, 0.6) is 0 Å². The van der Waals surface area contributed by atoms with Crippen molar-refractivity contribution < 1.29 is 13.6 Å². The average molecular weight is 283 g/mol. The molecule has 0 spiro atoms. The molecule has 0 bridgehead atoms. The Morgan fingerprint density at radius 1 is 1.55 bits per heavy atom. The largest absolute Gasteiger partial charge is 0.356 e. The van der Waals surface area contributed by atoms with Gasteiger partial charge in [-0.2, -0.15) is 0 Å². The minimum absolute atomic E-state index is 0.00896. The normalized spacial score (nSPS) is 24.9. The summed E-state index contributed by atoms with van der Waals surface area (Å²) >= 11 is 0. The average Bonchev–Trinajstić information content (AvgIpc) is 2.74. The maximum Gasteiger partial charge on any atom is 0.248 e. The third-order valence-corrected chi connectivity index (χ3v) is 4.40. The number of nitrogens with one attached hydrogen (secondary N) is 1. The number of halogens is 2. The number of aryl methyl sites for hydroxylation is 1.